The predicted octanol–water partition coefficient (Wildman–Crippen LogP) is 8.27. The average molecular weight is 504 g/mol. The van der Waals surface area contributed by atoms with Gasteiger partial charge in [0, 0.05) is 18.5 Å². The van der Waals surface area contributed by atoms with Crippen molar-refractivity contribution in [1.29, 1.82) is 0 Å². The van der Waals surface area contributed by atoms with Crippen molar-refractivity contribution < 1.29 is 9.47 Å². The lowest BCUT2D eigenvalue weighted by Gasteiger charge is -2.53. The van der Waals surface area contributed by atoms with Gasteiger partial charge in [-0.3, -0.25) is 0 Å². The van der Waals surface area contributed by atoms with Crippen LogP contribution >= 0.6 is 0 Å². The number of hydrogen-bond acceptors (Lipinski definition) is 4. The first-order valence-corrected chi connectivity index (χ1v) is 14.3. The molecule has 0 saturated heterocycles. The molecule has 2 aromatic carbocycles. The van der Waals surface area contributed by atoms with E-state index in [0.29, 0.717) is 12.0 Å². The van der Waals surface area contributed by atoms with E-state index in [1.165, 1.54) is 64.2 Å². The fraction of sp³-hybridized carbons (Fsp3) is 0.562. The fourth-order valence-corrected chi connectivity index (χ4v) is 6.44. The Labute approximate surface area is 223 Å². The highest BCUT2D eigenvalue weighted by Crippen LogP contribution is 2.59. The van der Waals surface area contributed by atoms with Crippen molar-refractivity contribution in [2.75, 3.05) is 7.11 Å². The Morgan fingerprint density at radius 3 is 2.24 bits per heavy atom. The van der Waals surface area contributed by atoms with E-state index in [9.17, 15) is 0 Å². The summed E-state index contributed by atoms with van der Waals surface area (Å²) in [7, 11) is 3.83. The zero-order valence-electron chi connectivity index (χ0n) is 23.6. The van der Waals surface area contributed by atoms with Gasteiger partial charge in [0.2, 0.25) is 0 Å². The standard InChI is InChI=1S/C30H39N3O2.C2H6/c1-4-5-9-14-29-15-18-30(19-16-29,20-17-29)28-32-31-27(33(28)2)25-13-12-24(21-26(25)34-3)35-22-23-10-7-6-8-11-23;1-2/h6-8,10-13,21H,4-5,9,14-20,22H2,1-3H3;1-2H3. The molecule has 6 rings (SSSR count). The highest BCUT2D eigenvalue weighted by molar-refractivity contribution is 5.66. The number of methoxy groups -OCH3 is 1. The minimum atomic E-state index is 0.179. The van der Waals surface area contributed by atoms with Gasteiger partial charge in [-0.1, -0.05) is 70.4 Å². The van der Waals surface area contributed by atoms with Crippen molar-refractivity contribution in [2.45, 2.75) is 97.0 Å². The molecule has 0 unspecified atom stereocenters. The van der Waals surface area contributed by atoms with Crippen molar-refractivity contribution in [1.82, 2.24) is 14.8 Å². The minimum absolute atomic E-state index is 0.179. The number of aromatic nitrogens is 3. The molecule has 200 valence electrons. The number of fused-ring (bicyclic) bond motifs is 3. The fourth-order valence-electron chi connectivity index (χ4n) is 6.44. The van der Waals surface area contributed by atoms with Gasteiger partial charge in [0.25, 0.3) is 0 Å². The van der Waals surface area contributed by atoms with E-state index in [-0.39, 0.29) is 5.41 Å². The average Bonchev–Trinajstić information content (AvgIpc) is 3.36. The zero-order chi connectivity index (χ0) is 26.3. The maximum absolute atomic E-state index is 6.02. The van der Waals surface area contributed by atoms with Crippen LogP contribution in [0, 0.1) is 5.41 Å². The van der Waals surface area contributed by atoms with Crippen LogP contribution in [0.15, 0.2) is 48.5 Å². The normalized spacial score (nSPS) is 22.3. The number of rotatable bonds is 10. The molecule has 1 heterocycles. The van der Waals surface area contributed by atoms with Gasteiger partial charge in [0.1, 0.15) is 23.9 Å². The third-order valence-electron chi connectivity index (χ3n) is 8.72. The van der Waals surface area contributed by atoms with Gasteiger partial charge in [-0.25, -0.2) is 0 Å². The second-order valence-corrected chi connectivity index (χ2v) is 10.8. The lowest BCUT2D eigenvalue weighted by Crippen LogP contribution is -2.45. The summed E-state index contributed by atoms with van der Waals surface area (Å²) in [6, 6.07) is 16.2. The van der Waals surface area contributed by atoms with E-state index < -0.39 is 0 Å². The Bertz CT molecular complexity index is 1110. The second kappa shape index (κ2) is 12.1. The van der Waals surface area contributed by atoms with Crippen LogP contribution in [-0.2, 0) is 19.1 Å². The number of benzene rings is 2. The van der Waals surface area contributed by atoms with Crippen LogP contribution in [0.5, 0.6) is 11.5 Å². The largest absolute Gasteiger partial charge is 0.496 e. The summed E-state index contributed by atoms with van der Waals surface area (Å²) in [5, 5.41) is 9.46. The van der Waals surface area contributed by atoms with Gasteiger partial charge in [-0.2, -0.15) is 0 Å². The van der Waals surface area contributed by atoms with Crippen LogP contribution in [0.1, 0.15) is 96.4 Å². The van der Waals surface area contributed by atoms with Crippen molar-refractivity contribution in [3.63, 3.8) is 0 Å². The molecule has 0 aliphatic heterocycles. The number of unbranched alkanes of at least 4 members (excludes halogenated alkanes) is 2. The Morgan fingerprint density at radius 2 is 1.59 bits per heavy atom. The first-order valence-electron chi connectivity index (χ1n) is 14.3. The lowest BCUT2D eigenvalue weighted by atomic mass is 9.52. The maximum atomic E-state index is 6.02. The third kappa shape index (κ3) is 5.71. The highest BCUT2D eigenvalue weighted by Gasteiger charge is 2.51. The van der Waals surface area contributed by atoms with Crippen molar-refractivity contribution in [2.24, 2.45) is 12.5 Å². The molecule has 0 atom stereocenters. The Hall–Kier alpha value is -2.82. The van der Waals surface area contributed by atoms with Crippen molar-refractivity contribution >= 4 is 0 Å². The monoisotopic (exact) mass is 503 g/mol. The molecule has 0 amide bonds. The third-order valence-corrected chi connectivity index (χ3v) is 8.72. The molecule has 37 heavy (non-hydrogen) atoms. The highest BCUT2D eigenvalue weighted by atomic mass is 16.5. The van der Waals surface area contributed by atoms with Gasteiger partial charge in [-0.05, 0) is 68.1 Å². The Kier molecular flexibility index (Phi) is 8.94. The van der Waals surface area contributed by atoms with Gasteiger partial charge in [0.05, 0.1) is 12.7 Å². The van der Waals surface area contributed by atoms with Crippen LogP contribution < -0.4 is 9.47 Å². The zero-order valence-corrected chi connectivity index (χ0v) is 23.6. The molecule has 2 bridgehead atoms. The molecule has 3 saturated carbocycles. The van der Waals surface area contributed by atoms with Crippen LogP contribution in [0.4, 0.5) is 0 Å². The second-order valence-electron chi connectivity index (χ2n) is 10.8. The van der Waals surface area contributed by atoms with Crippen LogP contribution in [-0.4, -0.2) is 21.9 Å². The van der Waals surface area contributed by atoms with E-state index >= 15 is 0 Å². The summed E-state index contributed by atoms with van der Waals surface area (Å²) in [6.45, 7) is 6.83. The van der Waals surface area contributed by atoms with Gasteiger partial charge in [-0.15, -0.1) is 10.2 Å². The predicted molar refractivity (Wildman–Crippen MR) is 151 cm³/mol. The topological polar surface area (TPSA) is 49.2 Å². The summed E-state index contributed by atoms with van der Waals surface area (Å²) >= 11 is 0. The molecule has 3 aliphatic rings. The molecule has 0 spiro atoms. The van der Waals surface area contributed by atoms with Crippen LogP contribution in [0.25, 0.3) is 11.4 Å². The summed E-state index contributed by atoms with van der Waals surface area (Å²) in [5.74, 6) is 3.57. The molecular weight excluding hydrogens is 458 g/mol. The Balaban J connectivity index is 0.00000156. The van der Waals surface area contributed by atoms with E-state index in [1.54, 1.807) is 7.11 Å². The summed E-state index contributed by atoms with van der Waals surface area (Å²) in [6.07, 6.45) is 13.3. The van der Waals surface area contributed by atoms with Gasteiger partial charge in [0.15, 0.2) is 5.82 Å². The molecule has 0 N–H and O–H groups in total. The number of ether oxygens (including phenoxy) is 2. The molecule has 3 aliphatic carbocycles. The molecular formula is C32H45N3O2. The Morgan fingerprint density at radius 1 is 0.892 bits per heavy atom. The van der Waals surface area contributed by atoms with E-state index in [4.69, 9.17) is 14.6 Å². The van der Waals surface area contributed by atoms with Crippen molar-refractivity contribution in [3.05, 3.63) is 59.9 Å². The SMILES string of the molecule is CC.CCCCCC12CCC(c3nnc(-c4ccc(OCc5ccccc5)cc4OC)n3C)(CC1)CC2. The quantitative estimate of drug-likeness (QED) is 0.261. The molecule has 3 aromatic rings. The van der Waals surface area contributed by atoms with E-state index in [1.807, 2.05) is 50.2 Å². The smallest absolute Gasteiger partial charge is 0.167 e. The molecule has 0 radical (unpaired) electrons. The first-order chi connectivity index (χ1) is 18.1. The van der Waals surface area contributed by atoms with E-state index in [2.05, 4.69) is 35.8 Å². The maximum Gasteiger partial charge on any atom is 0.167 e. The summed E-state index contributed by atoms with van der Waals surface area (Å²) in [4.78, 5) is 0. The summed E-state index contributed by atoms with van der Waals surface area (Å²) in [5.41, 5.74) is 2.87. The van der Waals surface area contributed by atoms with Gasteiger partial charge < -0.3 is 14.0 Å². The minimum Gasteiger partial charge on any atom is -0.496 e. The van der Waals surface area contributed by atoms with Gasteiger partial charge >= 0.3 is 0 Å². The van der Waals surface area contributed by atoms with E-state index in [0.717, 1.165) is 34.3 Å². The number of hydrogen-bond donors (Lipinski definition) is 0. The van der Waals surface area contributed by atoms with Crippen LogP contribution in [0.2, 0.25) is 0 Å². The molecule has 3 fully saturated rings. The molecule has 5 heteroatoms. The number of nitrogens with zero attached hydrogens (tertiary/aromatic N) is 3. The lowest BCUT2D eigenvalue weighted by molar-refractivity contribution is 0.0250. The van der Waals surface area contributed by atoms with Crippen molar-refractivity contribution in [3.8, 4) is 22.9 Å². The molecule has 1 aromatic heterocycles. The first kappa shape index (κ1) is 27.2. The summed E-state index contributed by atoms with van der Waals surface area (Å²) < 4.78 is 14.0. The van der Waals surface area contributed by atoms with Crippen LogP contribution in [0.3, 0.4) is 0 Å². The molecule has 5 nitrogen and oxygen atoms in total.